The Bertz CT molecular complexity index is 3260. The fourth-order valence-corrected chi connectivity index (χ4v) is 16.2. The summed E-state index contributed by atoms with van der Waals surface area (Å²) >= 11 is 2.43. The van der Waals surface area contributed by atoms with Gasteiger partial charge >= 0.3 is 0 Å². The van der Waals surface area contributed by atoms with Crippen LogP contribution in [-0.2, 0) is 50.3 Å². The average molecular weight is 1190 g/mol. The van der Waals surface area contributed by atoms with Crippen LogP contribution in [0.4, 0.5) is 11.4 Å². The van der Waals surface area contributed by atoms with Crippen LogP contribution in [0.5, 0.6) is 0 Å². The Morgan fingerprint density at radius 2 is 1.05 bits per heavy atom. The second-order valence-electron chi connectivity index (χ2n) is 20.0. The Balaban J connectivity index is 0.000000216. The minimum absolute atomic E-state index is 0.0221. The van der Waals surface area contributed by atoms with Gasteiger partial charge in [-0.2, -0.15) is 12.9 Å². The number of rotatable bonds is 17. The van der Waals surface area contributed by atoms with E-state index in [9.17, 15) is 43.9 Å². The van der Waals surface area contributed by atoms with Gasteiger partial charge < -0.3 is 25.3 Å². The predicted octanol–water partition coefficient (Wildman–Crippen LogP) is 7.21. The van der Waals surface area contributed by atoms with Gasteiger partial charge in [0.1, 0.15) is 18.2 Å². The second kappa shape index (κ2) is 25.8. The van der Waals surface area contributed by atoms with Crippen molar-refractivity contribution in [3.8, 4) is 0 Å². The number of anilines is 2. The number of nitrogens with zero attached hydrogens (tertiary/aromatic N) is 7. The molecule has 2 fully saturated rings. The van der Waals surface area contributed by atoms with Gasteiger partial charge in [-0.15, -0.1) is 22.7 Å². The molecule has 0 amide bonds. The van der Waals surface area contributed by atoms with Crippen LogP contribution in [0.3, 0.4) is 0 Å². The van der Waals surface area contributed by atoms with Crippen molar-refractivity contribution in [2.24, 2.45) is 0 Å². The predicted molar refractivity (Wildman–Crippen MR) is 305 cm³/mol. The minimum Gasteiger partial charge on any atom is -0.386 e. The maximum absolute atomic E-state index is 13.6. The Kier molecular flexibility index (Phi) is 20.7. The van der Waals surface area contributed by atoms with Crippen LogP contribution in [0.1, 0.15) is 66.5 Å². The van der Waals surface area contributed by atoms with Gasteiger partial charge in [-0.1, -0.05) is 50.2 Å². The maximum atomic E-state index is 13.6. The molecule has 6 heterocycles. The second-order valence-corrected chi connectivity index (χ2v) is 30.7. The quantitative estimate of drug-likeness (QED) is 0.0766. The Hall–Kier alpha value is -4.41. The molecule has 77 heavy (non-hydrogen) atoms. The summed E-state index contributed by atoms with van der Waals surface area (Å²) in [6.07, 6.45) is 5.52. The molecule has 25 heteroatoms. The molecule has 3 N–H and O–H groups in total. The largest absolute Gasteiger partial charge is 0.386 e. The van der Waals surface area contributed by atoms with Crippen molar-refractivity contribution in [2.75, 3.05) is 62.2 Å². The van der Waals surface area contributed by atoms with E-state index in [1.54, 1.807) is 86.9 Å². The fourth-order valence-electron chi connectivity index (χ4n) is 8.59. The highest BCUT2D eigenvalue weighted by Gasteiger charge is 2.39. The molecule has 0 aliphatic carbocycles. The van der Waals surface area contributed by atoms with Crippen LogP contribution in [-0.4, -0.2) is 143 Å². The lowest BCUT2D eigenvalue weighted by atomic mass is 9.98. The lowest BCUT2D eigenvalue weighted by molar-refractivity contribution is 0.0780. The third-order valence-electron chi connectivity index (χ3n) is 12.8. The van der Waals surface area contributed by atoms with Crippen LogP contribution in [0, 0.1) is 0 Å². The molecule has 2 aliphatic heterocycles. The van der Waals surface area contributed by atoms with Crippen molar-refractivity contribution in [1.29, 1.82) is 0 Å². The van der Waals surface area contributed by atoms with Gasteiger partial charge in [0, 0.05) is 111 Å². The van der Waals surface area contributed by atoms with Crippen molar-refractivity contribution in [1.82, 2.24) is 28.2 Å². The van der Waals surface area contributed by atoms with Gasteiger partial charge in [0.2, 0.25) is 10.0 Å². The van der Waals surface area contributed by atoms with Crippen LogP contribution in [0.25, 0.3) is 0 Å². The first-order valence-corrected chi connectivity index (χ1v) is 33.2. The number of hydrogen-bond acceptors (Lipinski definition) is 17. The van der Waals surface area contributed by atoms with Crippen molar-refractivity contribution in [3.05, 3.63) is 144 Å². The summed E-state index contributed by atoms with van der Waals surface area (Å²) in [5, 5.41) is 27.6. The number of piperazine rings is 2. The smallest absolute Gasteiger partial charge is 0.262 e. The number of aromatic nitrogens is 2. The Morgan fingerprint density at radius 3 is 1.40 bits per heavy atom. The van der Waals surface area contributed by atoms with Gasteiger partial charge in [-0.3, -0.25) is 9.97 Å². The van der Waals surface area contributed by atoms with Crippen LogP contribution < -0.4 is 15.1 Å². The number of hydrogen-bond donors (Lipinski definition) is 3. The van der Waals surface area contributed by atoms with E-state index in [0.717, 1.165) is 22.5 Å². The molecule has 0 bridgehead atoms. The number of aliphatic hydroxyl groups is 2. The van der Waals surface area contributed by atoms with E-state index >= 15 is 0 Å². The summed E-state index contributed by atoms with van der Waals surface area (Å²) in [6, 6.07) is 27.6. The van der Waals surface area contributed by atoms with Gasteiger partial charge in [0.15, 0.2) is 0 Å². The molecule has 0 radical (unpaired) electrons. The van der Waals surface area contributed by atoms with E-state index in [1.165, 1.54) is 74.3 Å². The number of halogens is 1. The van der Waals surface area contributed by atoms with Crippen molar-refractivity contribution < 1.29 is 43.9 Å². The standard InChI is InChI=1S/C26H34N4O5S3.C21H31N3O3S2.C5H4ClNO2S/c1-20(2)30(37(32,33)24-7-5-13-27-17-24)19-23-18-28(38(34,35)25-8-6-16-36-25)14-15-29(23)22-11-9-21(10-12-22)26(3,4)31;1-16(2)22-14-19-15-23(29(26,27)20-6-5-13-28-20)11-12-24(19)18-9-7-17(8-10-18)21(3,4)25;6-10(8,9)5-2-1-3-7-4-5/h5-13,16-17,20,23,31H,14-15,18-19H2,1-4H3;5-10,13,16,19,22,25H,11-12,14-15H2,1-4H3;1-4H/t23-;19-;/m10./s1. The first-order chi connectivity index (χ1) is 36.0. The zero-order valence-electron chi connectivity index (χ0n) is 44.3. The monoisotopic (exact) mass is 1190 g/mol. The van der Waals surface area contributed by atoms with E-state index < -0.39 is 56.4 Å². The molecule has 0 unspecified atom stereocenters. The molecule has 2 aromatic carbocycles. The molecular formula is C52H69ClN8O10S6. The highest BCUT2D eigenvalue weighted by Crippen LogP contribution is 2.32. The third-order valence-corrected chi connectivity index (χ3v) is 22.6. The maximum Gasteiger partial charge on any atom is 0.262 e. The molecular weight excluding hydrogens is 1120 g/mol. The number of thiophene rings is 2. The molecule has 2 atom stereocenters. The fraction of sp³-hybridized carbons (Fsp3) is 0.423. The number of nitrogens with one attached hydrogen (secondary N) is 1. The molecule has 2 saturated heterocycles. The summed E-state index contributed by atoms with van der Waals surface area (Å²) in [5.74, 6) is 0. The van der Waals surface area contributed by atoms with E-state index in [0.29, 0.717) is 43.0 Å². The molecule has 0 spiro atoms. The van der Waals surface area contributed by atoms with Crippen molar-refractivity contribution >= 4 is 83.9 Å². The lowest BCUT2D eigenvalue weighted by Gasteiger charge is -2.44. The first-order valence-electron chi connectivity index (χ1n) is 24.8. The zero-order chi connectivity index (χ0) is 56.6. The number of benzene rings is 2. The minimum atomic E-state index is -3.88. The molecule has 0 saturated carbocycles. The molecule has 420 valence electrons. The molecule has 2 aliphatic rings. The van der Waals surface area contributed by atoms with Gasteiger partial charge in [0.05, 0.1) is 23.3 Å². The average Bonchev–Trinajstić information content (AvgIpc) is 4.16. The van der Waals surface area contributed by atoms with E-state index in [1.807, 2.05) is 48.5 Å². The van der Waals surface area contributed by atoms with Crippen molar-refractivity contribution in [2.45, 2.75) is 109 Å². The van der Waals surface area contributed by atoms with Crippen LogP contribution in [0.2, 0.25) is 0 Å². The molecule has 6 aromatic rings. The third kappa shape index (κ3) is 16.1. The lowest BCUT2D eigenvalue weighted by Crippen LogP contribution is -2.59. The summed E-state index contributed by atoms with van der Waals surface area (Å²) < 4.78 is 106. The molecule has 4 aromatic heterocycles. The van der Waals surface area contributed by atoms with E-state index in [4.69, 9.17) is 10.7 Å². The molecule has 18 nitrogen and oxygen atoms in total. The normalized spacial score (nSPS) is 17.5. The van der Waals surface area contributed by atoms with Gasteiger partial charge in [-0.05, 0) is 124 Å². The summed E-state index contributed by atoms with van der Waals surface area (Å²) in [6.45, 7) is 17.8. The number of sulfonamides is 3. The summed E-state index contributed by atoms with van der Waals surface area (Å²) in [7, 11) is -9.66. The highest BCUT2D eigenvalue weighted by molar-refractivity contribution is 8.13. The van der Waals surface area contributed by atoms with Gasteiger partial charge in [-0.25, -0.2) is 33.7 Å². The Morgan fingerprint density at radius 1 is 0.623 bits per heavy atom. The van der Waals surface area contributed by atoms with Gasteiger partial charge in [0.25, 0.3) is 29.1 Å². The SMILES string of the molecule is CC(C)N(C[C@H]1CN(S(=O)(=O)c2cccs2)CCN1c1ccc(C(C)(C)O)cc1)S(=O)(=O)c1cccnc1.CC(C)NC[C@H]1CN(S(=O)(=O)c2cccs2)CCN1c1ccc(C(C)(C)O)cc1.O=S(=O)(Cl)c1cccnc1. The molecule has 8 rings (SSSR count). The highest BCUT2D eigenvalue weighted by atomic mass is 35.7. The van der Waals surface area contributed by atoms with Crippen molar-refractivity contribution in [3.63, 3.8) is 0 Å². The summed E-state index contributed by atoms with van der Waals surface area (Å²) in [4.78, 5) is 12.0. The Labute approximate surface area is 467 Å². The summed E-state index contributed by atoms with van der Waals surface area (Å²) in [5.41, 5.74) is 1.60. The topological polar surface area (TPSA) is 231 Å². The number of pyridine rings is 2. The van der Waals surface area contributed by atoms with E-state index in [-0.39, 0.29) is 45.7 Å². The van der Waals surface area contributed by atoms with Crippen LogP contribution >= 0.6 is 33.4 Å². The van der Waals surface area contributed by atoms with E-state index in [2.05, 4.69) is 38.9 Å². The first kappa shape index (κ1) is 61.8. The zero-order valence-corrected chi connectivity index (χ0v) is 49.9. The van der Waals surface area contributed by atoms with Crippen LogP contribution in [0.15, 0.2) is 151 Å².